The fourth-order valence-corrected chi connectivity index (χ4v) is 1.72. The Bertz CT molecular complexity index is 538. The summed E-state index contributed by atoms with van der Waals surface area (Å²) in [6.45, 7) is 7.19. The smallest absolute Gasteiger partial charge is 0.414 e. The molecule has 6 nitrogen and oxygen atoms in total. The van der Waals surface area contributed by atoms with Crippen molar-refractivity contribution in [2.75, 3.05) is 11.9 Å². The van der Waals surface area contributed by atoms with Gasteiger partial charge in [-0.25, -0.2) is 4.79 Å². The lowest BCUT2D eigenvalue weighted by Crippen LogP contribution is -2.35. The summed E-state index contributed by atoms with van der Waals surface area (Å²) in [4.78, 5) is 24.9. The molecule has 0 heterocycles. The molecule has 1 aromatic rings. The molecule has 0 saturated heterocycles. The number of carbonyl (C=O) groups excluding carboxylic acids is 2. The molecule has 0 fully saturated rings. The molecule has 122 valence electrons. The zero-order chi connectivity index (χ0) is 16.9. The Balaban J connectivity index is 2.87. The van der Waals surface area contributed by atoms with Crippen molar-refractivity contribution < 1.29 is 14.3 Å². The number of anilines is 1. The van der Waals surface area contributed by atoms with Crippen molar-refractivity contribution in [3.63, 3.8) is 0 Å². The Hall–Kier alpha value is -2.08. The topological polar surface area (TPSA) is 84.7 Å². The predicted octanol–water partition coefficient (Wildman–Crippen LogP) is 2.54. The average molecular weight is 307 g/mol. The molecule has 0 aliphatic carbocycles. The zero-order valence-corrected chi connectivity index (χ0v) is 13.8. The van der Waals surface area contributed by atoms with Crippen molar-refractivity contribution in [1.82, 2.24) is 5.32 Å². The summed E-state index contributed by atoms with van der Waals surface area (Å²) >= 11 is 0. The molecular weight excluding hydrogens is 282 g/mol. The van der Waals surface area contributed by atoms with Gasteiger partial charge < -0.3 is 15.8 Å². The fraction of sp³-hybridized carbons (Fsp3) is 0.500. The van der Waals surface area contributed by atoms with E-state index < -0.39 is 17.9 Å². The normalized spacial score (nSPS) is 12.5. The van der Waals surface area contributed by atoms with Crippen LogP contribution in [0.3, 0.4) is 0 Å². The molecule has 1 atom stereocenters. The number of rotatable bonds is 4. The van der Waals surface area contributed by atoms with Crippen LogP contribution in [0.5, 0.6) is 0 Å². The summed E-state index contributed by atoms with van der Waals surface area (Å²) in [6.07, 6.45) is -0.694. The summed E-state index contributed by atoms with van der Waals surface area (Å²) in [5.41, 5.74) is 6.75. The molecule has 0 spiro atoms. The Kier molecular flexibility index (Phi) is 5.93. The quantitative estimate of drug-likeness (QED) is 0.837. The van der Waals surface area contributed by atoms with Crippen LogP contribution in [0.25, 0.3) is 0 Å². The van der Waals surface area contributed by atoms with Gasteiger partial charge in [0.2, 0.25) is 5.91 Å². The van der Waals surface area contributed by atoms with E-state index in [1.54, 1.807) is 38.2 Å². The van der Waals surface area contributed by atoms with Crippen LogP contribution in [0.15, 0.2) is 24.3 Å². The molecule has 0 aliphatic rings. The Labute approximate surface area is 131 Å². The van der Waals surface area contributed by atoms with Gasteiger partial charge in [-0.3, -0.25) is 9.69 Å². The lowest BCUT2D eigenvalue weighted by molar-refractivity contribution is -0.121. The first-order valence-corrected chi connectivity index (χ1v) is 7.25. The second kappa shape index (κ2) is 7.26. The van der Waals surface area contributed by atoms with Crippen LogP contribution in [-0.2, 0) is 9.53 Å². The first-order valence-electron chi connectivity index (χ1n) is 7.25. The van der Waals surface area contributed by atoms with E-state index in [9.17, 15) is 9.59 Å². The second-order valence-electron chi connectivity index (χ2n) is 6.03. The summed E-state index contributed by atoms with van der Waals surface area (Å²) in [7, 11) is 1.63. The van der Waals surface area contributed by atoms with E-state index in [-0.39, 0.29) is 5.91 Å². The molecular formula is C16H25N3O3. The third kappa shape index (κ3) is 5.37. The summed E-state index contributed by atoms with van der Waals surface area (Å²) < 4.78 is 5.32. The number of nitrogens with one attached hydrogen (secondary N) is 1. The summed E-state index contributed by atoms with van der Waals surface area (Å²) in [5, 5.41) is 2.68. The minimum atomic E-state index is -0.612. The van der Waals surface area contributed by atoms with Gasteiger partial charge in [-0.1, -0.05) is 19.1 Å². The van der Waals surface area contributed by atoms with E-state index in [4.69, 9.17) is 10.5 Å². The lowest BCUT2D eigenvalue weighted by atomic mass is 10.1. The maximum Gasteiger partial charge on any atom is 0.414 e. The van der Waals surface area contributed by atoms with Gasteiger partial charge in [0.05, 0.1) is 0 Å². The molecule has 2 amide bonds. The van der Waals surface area contributed by atoms with Gasteiger partial charge in [0.1, 0.15) is 11.8 Å². The third-order valence-electron chi connectivity index (χ3n) is 2.92. The van der Waals surface area contributed by atoms with Crippen LogP contribution in [-0.4, -0.2) is 24.6 Å². The highest BCUT2D eigenvalue weighted by molar-refractivity contribution is 5.87. The van der Waals surface area contributed by atoms with Crippen molar-refractivity contribution >= 4 is 17.7 Å². The van der Waals surface area contributed by atoms with Gasteiger partial charge in [0, 0.05) is 19.2 Å². The van der Waals surface area contributed by atoms with Crippen molar-refractivity contribution in [1.29, 1.82) is 0 Å². The van der Waals surface area contributed by atoms with Gasteiger partial charge in [0.15, 0.2) is 0 Å². The standard InChI is InChI=1S/C16H25N3O3/c1-6-13(20)18-14(17)11-8-7-9-12(10-11)19(5)15(21)22-16(2,3)4/h7-10,14H,6,17H2,1-5H3,(H,18,20). The summed E-state index contributed by atoms with van der Waals surface area (Å²) in [5.74, 6) is -0.126. The van der Waals surface area contributed by atoms with Crippen molar-refractivity contribution in [3.8, 4) is 0 Å². The number of ether oxygens (including phenoxy) is 1. The summed E-state index contributed by atoms with van der Waals surface area (Å²) in [6, 6.07) is 7.11. The number of hydrogen-bond donors (Lipinski definition) is 2. The second-order valence-corrected chi connectivity index (χ2v) is 6.03. The molecule has 0 aliphatic heterocycles. The van der Waals surface area contributed by atoms with Gasteiger partial charge in [0.25, 0.3) is 0 Å². The molecule has 1 unspecified atom stereocenters. The van der Waals surface area contributed by atoms with E-state index in [1.165, 1.54) is 4.90 Å². The minimum absolute atomic E-state index is 0.126. The first-order chi connectivity index (χ1) is 10.1. The van der Waals surface area contributed by atoms with E-state index in [0.29, 0.717) is 12.1 Å². The first kappa shape index (κ1) is 18.0. The monoisotopic (exact) mass is 307 g/mol. The van der Waals surface area contributed by atoms with Crippen LogP contribution >= 0.6 is 0 Å². The van der Waals surface area contributed by atoms with Crippen molar-refractivity contribution in [2.45, 2.75) is 45.9 Å². The predicted molar refractivity (Wildman–Crippen MR) is 86.4 cm³/mol. The number of benzene rings is 1. The van der Waals surface area contributed by atoms with E-state index >= 15 is 0 Å². The van der Waals surface area contributed by atoms with Gasteiger partial charge in [-0.15, -0.1) is 0 Å². The van der Waals surface area contributed by atoms with Gasteiger partial charge in [-0.2, -0.15) is 0 Å². The van der Waals surface area contributed by atoms with E-state index in [0.717, 1.165) is 5.56 Å². The largest absolute Gasteiger partial charge is 0.443 e. The number of nitrogens with zero attached hydrogens (tertiary/aromatic N) is 1. The molecule has 1 aromatic carbocycles. The number of nitrogens with two attached hydrogens (primary N) is 1. The maximum atomic E-state index is 12.1. The van der Waals surface area contributed by atoms with Crippen LogP contribution in [0.2, 0.25) is 0 Å². The lowest BCUT2D eigenvalue weighted by Gasteiger charge is -2.25. The number of amides is 2. The van der Waals surface area contributed by atoms with Crippen LogP contribution in [0.4, 0.5) is 10.5 Å². The van der Waals surface area contributed by atoms with Gasteiger partial charge >= 0.3 is 6.09 Å². The van der Waals surface area contributed by atoms with Gasteiger partial charge in [-0.05, 0) is 38.5 Å². The highest BCUT2D eigenvalue weighted by atomic mass is 16.6. The number of hydrogen-bond acceptors (Lipinski definition) is 4. The molecule has 0 bridgehead atoms. The SMILES string of the molecule is CCC(=O)NC(N)c1cccc(N(C)C(=O)OC(C)(C)C)c1. The minimum Gasteiger partial charge on any atom is -0.443 e. The molecule has 0 saturated carbocycles. The Morgan fingerprint density at radius 1 is 1.36 bits per heavy atom. The van der Waals surface area contributed by atoms with Crippen molar-refractivity contribution in [3.05, 3.63) is 29.8 Å². The van der Waals surface area contributed by atoms with Crippen molar-refractivity contribution in [2.24, 2.45) is 5.73 Å². The van der Waals surface area contributed by atoms with E-state index in [1.807, 2.05) is 20.8 Å². The van der Waals surface area contributed by atoms with E-state index in [2.05, 4.69) is 5.32 Å². The maximum absolute atomic E-state index is 12.1. The molecule has 6 heteroatoms. The third-order valence-corrected chi connectivity index (χ3v) is 2.92. The Morgan fingerprint density at radius 3 is 2.55 bits per heavy atom. The van der Waals surface area contributed by atoms with Crippen LogP contribution in [0.1, 0.15) is 45.8 Å². The van der Waals surface area contributed by atoms with Crippen LogP contribution < -0.4 is 16.0 Å². The molecule has 22 heavy (non-hydrogen) atoms. The Morgan fingerprint density at radius 2 is 2.00 bits per heavy atom. The zero-order valence-electron chi connectivity index (χ0n) is 13.8. The molecule has 0 aromatic heterocycles. The number of carbonyl (C=O) groups is 2. The highest BCUT2D eigenvalue weighted by Crippen LogP contribution is 2.20. The van der Waals surface area contributed by atoms with Crippen LogP contribution in [0, 0.1) is 0 Å². The average Bonchev–Trinajstić information content (AvgIpc) is 2.44. The fourth-order valence-electron chi connectivity index (χ4n) is 1.72. The molecule has 3 N–H and O–H groups in total. The molecule has 0 radical (unpaired) electrons. The molecule has 1 rings (SSSR count). The highest BCUT2D eigenvalue weighted by Gasteiger charge is 2.21.